The van der Waals surface area contributed by atoms with E-state index in [4.69, 9.17) is 11.6 Å². The Kier molecular flexibility index (Phi) is 3.40. The molecule has 1 aliphatic heterocycles. The fourth-order valence-corrected chi connectivity index (χ4v) is 2.34. The first-order chi connectivity index (χ1) is 8.00. The molecule has 5 nitrogen and oxygen atoms in total. The average Bonchev–Trinajstić information content (AvgIpc) is 2.30. The first-order valence-corrected chi connectivity index (χ1v) is 6.10. The van der Waals surface area contributed by atoms with Gasteiger partial charge >= 0.3 is 0 Å². The lowest BCUT2D eigenvalue weighted by Crippen LogP contribution is -2.54. The third-order valence-corrected chi connectivity index (χ3v) is 3.49. The molecule has 1 fully saturated rings. The molecule has 0 radical (unpaired) electrons. The number of aromatic nitrogens is 2. The van der Waals surface area contributed by atoms with Crippen molar-refractivity contribution >= 4 is 17.3 Å². The number of rotatable bonds is 1. The fourth-order valence-electron chi connectivity index (χ4n) is 2.06. The van der Waals surface area contributed by atoms with Crippen LogP contribution in [0, 0.1) is 0 Å². The Balaban J connectivity index is 2.39. The molecule has 1 aromatic heterocycles. The van der Waals surface area contributed by atoms with Crippen LogP contribution in [0.2, 0.25) is 5.02 Å². The number of halogens is 1. The lowest BCUT2D eigenvalue weighted by molar-refractivity contribution is 0.424. The molecule has 94 valence electrons. The van der Waals surface area contributed by atoms with Gasteiger partial charge in [-0.05, 0) is 13.8 Å². The van der Waals surface area contributed by atoms with Crippen LogP contribution in [-0.2, 0) is 7.05 Å². The van der Waals surface area contributed by atoms with Crippen molar-refractivity contribution in [2.45, 2.75) is 25.9 Å². The van der Waals surface area contributed by atoms with Crippen LogP contribution in [0.4, 0.5) is 5.69 Å². The summed E-state index contributed by atoms with van der Waals surface area (Å²) in [6.45, 7) is 5.93. The van der Waals surface area contributed by atoms with Gasteiger partial charge in [0.15, 0.2) is 0 Å². The largest absolute Gasteiger partial charge is 0.363 e. The first-order valence-electron chi connectivity index (χ1n) is 5.72. The van der Waals surface area contributed by atoms with Crippen LogP contribution in [-0.4, -0.2) is 35.0 Å². The van der Waals surface area contributed by atoms with Crippen molar-refractivity contribution in [2.24, 2.45) is 7.05 Å². The maximum absolute atomic E-state index is 11.7. The van der Waals surface area contributed by atoms with Gasteiger partial charge in [0.05, 0.1) is 11.9 Å². The Bertz CT molecular complexity index is 473. The van der Waals surface area contributed by atoms with E-state index in [0.29, 0.717) is 12.1 Å². The summed E-state index contributed by atoms with van der Waals surface area (Å²) in [7, 11) is 1.60. The third kappa shape index (κ3) is 2.30. The Hall–Kier alpha value is -1.07. The zero-order valence-corrected chi connectivity index (χ0v) is 11.0. The maximum atomic E-state index is 11.7. The monoisotopic (exact) mass is 256 g/mol. The molecular formula is C11H17ClN4O. The van der Waals surface area contributed by atoms with Gasteiger partial charge in [-0.25, -0.2) is 4.68 Å². The van der Waals surface area contributed by atoms with Crippen molar-refractivity contribution in [1.29, 1.82) is 0 Å². The summed E-state index contributed by atoms with van der Waals surface area (Å²) in [5.74, 6) is 0. The van der Waals surface area contributed by atoms with E-state index in [1.165, 1.54) is 4.68 Å². The molecule has 1 aromatic rings. The van der Waals surface area contributed by atoms with E-state index < -0.39 is 0 Å². The van der Waals surface area contributed by atoms with Gasteiger partial charge in [0, 0.05) is 32.2 Å². The lowest BCUT2D eigenvalue weighted by atomic mass is 10.1. The number of hydrogen-bond acceptors (Lipinski definition) is 4. The molecule has 1 N–H and O–H groups in total. The van der Waals surface area contributed by atoms with Crippen LogP contribution < -0.4 is 15.8 Å². The minimum Gasteiger partial charge on any atom is -0.363 e. The van der Waals surface area contributed by atoms with E-state index in [9.17, 15) is 4.79 Å². The SMILES string of the molecule is CC1CN(c2cnn(C)c(=O)c2Cl)C(C)CN1. The molecule has 1 aliphatic rings. The quantitative estimate of drug-likeness (QED) is 0.800. The third-order valence-electron chi connectivity index (χ3n) is 3.13. The van der Waals surface area contributed by atoms with Gasteiger partial charge in [0.25, 0.3) is 5.56 Å². The zero-order valence-electron chi connectivity index (χ0n) is 10.3. The Morgan fingerprint density at radius 1 is 1.53 bits per heavy atom. The lowest BCUT2D eigenvalue weighted by Gasteiger charge is -2.39. The Morgan fingerprint density at radius 3 is 2.94 bits per heavy atom. The van der Waals surface area contributed by atoms with Gasteiger partial charge in [0.1, 0.15) is 5.02 Å². The minimum absolute atomic E-state index is 0.248. The molecule has 0 bridgehead atoms. The molecule has 2 atom stereocenters. The Labute approximate surface area is 105 Å². The predicted molar refractivity (Wildman–Crippen MR) is 68.8 cm³/mol. The standard InChI is InChI=1S/C11H17ClN4O/c1-7-6-16(8(2)4-13-7)9-5-14-15(3)11(17)10(9)12/h5,7-8,13H,4,6H2,1-3H3. The Morgan fingerprint density at radius 2 is 2.24 bits per heavy atom. The van der Waals surface area contributed by atoms with E-state index >= 15 is 0 Å². The van der Waals surface area contributed by atoms with Gasteiger partial charge in [0.2, 0.25) is 0 Å². The molecule has 2 unspecified atom stereocenters. The number of aryl methyl sites for hydroxylation is 1. The molecule has 6 heteroatoms. The predicted octanol–water partition coefficient (Wildman–Crippen LogP) is 0.620. The summed E-state index contributed by atoms with van der Waals surface area (Å²) >= 11 is 6.11. The van der Waals surface area contributed by atoms with Crippen LogP contribution in [0.5, 0.6) is 0 Å². The van der Waals surface area contributed by atoms with Crippen molar-refractivity contribution in [3.8, 4) is 0 Å². The molecular weight excluding hydrogens is 240 g/mol. The molecule has 0 spiro atoms. The molecule has 17 heavy (non-hydrogen) atoms. The van der Waals surface area contributed by atoms with Gasteiger partial charge in [-0.1, -0.05) is 11.6 Å². The van der Waals surface area contributed by atoms with Crippen LogP contribution in [0.15, 0.2) is 11.0 Å². The van der Waals surface area contributed by atoms with Crippen LogP contribution in [0.25, 0.3) is 0 Å². The number of hydrogen-bond donors (Lipinski definition) is 1. The molecule has 0 aromatic carbocycles. The molecule has 0 aliphatic carbocycles. The van der Waals surface area contributed by atoms with E-state index in [2.05, 4.69) is 29.2 Å². The zero-order chi connectivity index (χ0) is 12.6. The van der Waals surface area contributed by atoms with Crippen molar-refractivity contribution in [2.75, 3.05) is 18.0 Å². The highest BCUT2D eigenvalue weighted by Crippen LogP contribution is 2.24. The minimum atomic E-state index is -0.248. The topological polar surface area (TPSA) is 50.2 Å². The summed E-state index contributed by atoms with van der Waals surface area (Å²) in [5.41, 5.74) is 0.484. The highest BCUT2D eigenvalue weighted by Gasteiger charge is 2.25. The fraction of sp³-hybridized carbons (Fsp3) is 0.636. The molecule has 1 saturated heterocycles. The summed E-state index contributed by atoms with van der Waals surface area (Å²) in [6.07, 6.45) is 1.66. The van der Waals surface area contributed by atoms with Crippen molar-refractivity contribution in [3.63, 3.8) is 0 Å². The number of nitrogens with zero attached hydrogens (tertiary/aromatic N) is 3. The number of anilines is 1. The smallest absolute Gasteiger partial charge is 0.287 e. The van der Waals surface area contributed by atoms with Crippen LogP contribution in [0.3, 0.4) is 0 Å². The van der Waals surface area contributed by atoms with Crippen molar-refractivity contribution in [3.05, 3.63) is 21.6 Å². The maximum Gasteiger partial charge on any atom is 0.287 e. The second-order valence-corrected chi connectivity index (χ2v) is 4.96. The van der Waals surface area contributed by atoms with Crippen LogP contribution in [0.1, 0.15) is 13.8 Å². The normalized spacial score (nSPS) is 25.1. The highest BCUT2D eigenvalue weighted by atomic mass is 35.5. The van der Waals surface area contributed by atoms with Gasteiger partial charge < -0.3 is 10.2 Å². The molecule has 2 rings (SSSR count). The highest BCUT2D eigenvalue weighted by molar-refractivity contribution is 6.33. The summed E-state index contributed by atoms with van der Waals surface area (Å²) in [4.78, 5) is 13.9. The van der Waals surface area contributed by atoms with E-state index in [1.54, 1.807) is 13.2 Å². The van der Waals surface area contributed by atoms with Gasteiger partial charge in [-0.2, -0.15) is 5.10 Å². The van der Waals surface area contributed by atoms with E-state index in [0.717, 1.165) is 18.8 Å². The van der Waals surface area contributed by atoms with Gasteiger partial charge in [-0.3, -0.25) is 4.79 Å². The average molecular weight is 257 g/mol. The molecule has 2 heterocycles. The second kappa shape index (κ2) is 4.66. The van der Waals surface area contributed by atoms with Crippen molar-refractivity contribution < 1.29 is 0 Å². The van der Waals surface area contributed by atoms with Crippen molar-refractivity contribution in [1.82, 2.24) is 15.1 Å². The van der Waals surface area contributed by atoms with Crippen LogP contribution >= 0.6 is 11.6 Å². The van der Waals surface area contributed by atoms with E-state index in [1.807, 2.05) is 0 Å². The number of nitrogens with one attached hydrogen (secondary N) is 1. The summed E-state index contributed by atoms with van der Waals surface area (Å²) in [6, 6.07) is 0.684. The molecule has 0 saturated carbocycles. The number of piperazine rings is 1. The molecule has 0 amide bonds. The second-order valence-electron chi connectivity index (χ2n) is 4.58. The van der Waals surface area contributed by atoms with E-state index in [-0.39, 0.29) is 10.6 Å². The summed E-state index contributed by atoms with van der Waals surface area (Å²) in [5, 5.41) is 7.67. The first kappa shape index (κ1) is 12.4. The summed E-state index contributed by atoms with van der Waals surface area (Å²) < 4.78 is 1.25. The van der Waals surface area contributed by atoms with Gasteiger partial charge in [-0.15, -0.1) is 0 Å².